The number of rotatable bonds is 6. The Hall–Kier alpha value is -2.13. The van der Waals surface area contributed by atoms with Gasteiger partial charge in [0.15, 0.2) is 0 Å². The first-order chi connectivity index (χ1) is 14.1. The smallest absolute Gasteiger partial charge is 0.256 e. The molecule has 1 heterocycles. The van der Waals surface area contributed by atoms with Crippen molar-refractivity contribution in [2.45, 2.75) is 43.3 Å². The predicted molar refractivity (Wildman–Crippen MR) is 115 cm³/mol. The number of carbonyl (C=O) groups excluding carboxylic acids is 1. The van der Waals surface area contributed by atoms with Crippen molar-refractivity contribution >= 4 is 33.2 Å². The van der Waals surface area contributed by atoms with Gasteiger partial charge in [-0.15, -0.1) is 0 Å². The van der Waals surface area contributed by atoms with Crippen LogP contribution >= 0.6 is 11.6 Å². The van der Waals surface area contributed by atoms with E-state index >= 15 is 0 Å². The van der Waals surface area contributed by atoms with Crippen LogP contribution in [-0.2, 0) is 14.8 Å². The lowest BCUT2D eigenvalue weighted by atomic mass is 9.91. The Morgan fingerprint density at radius 3 is 2.30 bits per heavy atom. The molecule has 162 valence electrons. The van der Waals surface area contributed by atoms with Crippen LogP contribution in [0.25, 0.3) is 0 Å². The second-order valence-corrected chi connectivity index (χ2v) is 9.82. The van der Waals surface area contributed by atoms with E-state index in [-0.39, 0.29) is 42.0 Å². The molecular weight excluding hydrogens is 428 g/mol. The van der Waals surface area contributed by atoms with Gasteiger partial charge in [0.25, 0.3) is 5.91 Å². The van der Waals surface area contributed by atoms with Crippen LogP contribution in [0.15, 0.2) is 53.4 Å². The van der Waals surface area contributed by atoms with E-state index in [1.54, 1.807) is 36.4 Å². The third-order valence-corrected chi connectivity index (χ3v) is 7.31. The molecule has 9 heteroatoms. The van der Waals surface area contributed by atoms with E-state index in [0.717, 1.165) is 0 Å². The zero-order valence-electron chi connectivity index (χ0n) is 16.8. The van der Waals surface area contributed by atoms with Crippen molar-refractivity contribution in [2.75, 3.05) is 18.4 Å². The van der Waals surface area contributed by atoms with Crippen molar-refractivity contribution in [3.63, 3.8) is 0 Å². The summed E-state index contributed by atoms with van der Waals surface area (Å²) in [6.07, 6.45) is 0.00656. The highest BCUT2D eigenvalue weighted by molar-refractivity contribution is 7.89. The van der Waals surface area contributed by atoms with E-state index in [1.165, 1.54) is 16.4 Å². The number of amides is 1. The molecular formula is C21H25ClN2O5S. The number of sulfonamides is 1. The number of halogens is 1. The largest absolute Gasteiger partial charge is 0.491 e. The first-order valence-electron chi connectivity index (χ1n) is 9.67. The average molecular weight is 453 g/mol. The van der Waals surface area contributed by atoms with Gasteiger partial charge in [-0.2, -0.15) is 4.31 Å². The topological polar surface area (TPSA) is 95.9 Å². The lowest BCUT2D eigenvalue weighted by Crippen LogP contribution is -2.52. The summed E-state index contributed by atoms with van der Waals surface area (Å²) in [5.41, 5.74) is -1.13. The van der Waals surface area contributed by atoms with E-state index in [0.29, 0.717) is 11.4 Å². The third-order valence-electron chi connectivity index (χ3n) is 4.91. The zero-order chi connectivity index (χ0) is 21.9. The van der Waals surface area contributed by atoms with Gasteiger partial charge in [-0.3, -0.25) is 4.79 Å². The maximum absolute atomic E-state index is 12.8. The molecule has 30 heavy (non-hydrogen) atoms. The molecule has 2 N–H and O–H groups in total. The van der Waals surface area contributed by atoms with E-state index in [2.05, 4.69) is 5.32 Å². The van der Waals surface area contributed by atoms with Gasteiger partial charge in [-0.1, -0.05) is 23.7 Å². The maximum atomic E-state index is 12.8. The van der Waals surface area contributed by atoms with Gasteiger partial charge in [-0.05, 0) is 63.1 Å². The van der Waals surface area contributed by atoms with Gasteiger partial charge in [0.05, 0.1) is 11.1 Å². The number of benzene rings is 2. The minimum absolute atomic E-state index is 0.0125. The number of hydrogen-bond donors (Lipinski definition) is 2. The molecule has 0 saturated carbocycles. The number of nitrogens with one attached hydrogen (secondary N) is 1. The van der Waals surface area contributed by atoms with Crippen LogP contribution in [0.2, 0.25) is 5.02 Å². The Morgan fingerprint density at radius 2 is 1.73 bits per heavy atom. The van der Waals surface area contributed by atoms with E-state index in [9.17, 15) is 18.3 Å². The molecule has 2 aromatic carbocycles. The Bertz CT molecular complexity index is 1000. The fraction of sp³-hybridized carbons (Fsp3) is 0.381. The molecule has 1 amide bonds. The van der Waals surface area contributed by atoms with Crippen LogP contribution in [0.5, 0.6) is 5.75 Å². The highest BCUT2D eigenvalue weighted by Crippen LogP contribution is 2.30. The lowest BCUT2D eigenvalue weighted by Gasteiger charge is -2.36. The number of piperidine rings is 1. The fourth-order valence-corrected chi connectivity index (χ4v) is 5.19. The Morgan fingerprint density at radius 1 is 1.13 bits per heavy atom. The molecule has 2 aromatic rings. The average Bonchev–Trinajstić information content (AvgIpc) is 2.69. The molecule has 1 saturated heterocycles. The van der Waals surface area contributed by atoms with Crippen LogP contribution in [-0.4, -0.2) is 48.5 Å². The molecule has 0 atom stereocenters. The van der Waals surface area contributed by atoms with Gasteiger partial charge in [0, 0.05) is 18.8 Å². The molecule has 7 nitrogen and oxygen atoms in total. The fourth-order valence-electron chi connectivity index (χ4n) is 3.25. The number of hydrogen-bond acceptors (Lipinski definition) is 5. The van der Waals surface area contributed by atoms with Crippen molar-refractivity contribution in [1.29, 1.82) is 0 Å². The Balaban J connectivity index is 1.64. The first-order valence-corrected chi connectivity index (χ1v) is 11.5. The highest BCUT2D eigenvalue weighted by Gasteiger charge is 2.42. The Labute approximate surface area is 181 Å². The minimum Gasteiger partial charge on any atom is -0.491 e. The molecule has 0 aromatic heterocycles. The summed E-state index contributed by atoms with van der Waals surface area (Å²) in [4.78, 5) is 12.7. The van der Waals surface area contributed by atoms with E-state index in [4.69, 9.17) is 16.3 Å². The van der Waals surface area contributed by atoms with Gasteiger partial charge < -0.3 is 15.2 Å². The van der Waals surface area contributed by atoms with E-state index in [1.807, 2.05) is 13.8 Å². The normalized spacial score (nSPS) is 17.0. The highest BCUT2D eigenvalue weighted by atomic mass is 35.5. The molecule has 0 bridgehead atoms. The summed E-state index contributed by atoms with van der Waals surface area (Å²) in [5.74, 6) is 0.120. The van der Waals surface area contributed by atoms with Crippen molar-refractivity contribution in [1.82, 2.24) is 4.31 Å². The molecule has 1 fully saturated rings. The van der Waals surface area contributed by atoms with Crippen molar-refractivity contribution < 1.29 is 23.1 Å². The molecule has 0 aliphatic carbocycles. The second kappa shape index (κ2) is 8.93. The first kappa shape index (κ1) is 22.6. The van der Waals surface area contributed by atoms with Gasteiger partial charge in [0.1, 0.15) is 16.2 Å². The van der Waals surface area contributed by atoms with Crippen LogP contribution in [0.3, 0.4) is 0 Å². The maximum Gasteiger partial charge on any atom is 0.256 e. The number of aliphatic hydroxyl groups is 1. The number of nitrogens with zero attached hydrogens (tertiary/aromatic N) is 1. The van der Waals surface area contributed by atoms with Gasteiger partial charge in [0.2, 0.25) is 10.0 Å². The molecule has 1 aliphatic rings. The van der Waals surface area contributed by atoms with Crippen LogP contribution in [0.4, 0.5) is 5.69 Å². The SMILES string of the molecule is CC(C)Oc1ccc(NC(=O)C2(O)CCN(S(=O)(=O)c3ccccc3Cl)CC2)cc1. The lowest BCUT2D eigenvalue weighted by molar-refractivity contribution is -0.137. The Kier molecular flexibility index (Phi) is 6.71. The molecule has 1 aliphatic heterocycles. The van der Waals surface area contributed by atoms with Crippen molar-refractivity contribution in [3.8, 4) is 5.75 Å². The summed E-state index contributed by atoms with van der Waals surface area (Å²) in [6.45, 7) is 3.87. The van der Waals surface area contributed by atoms with Crippen LogP contribution in [0, 0.1) is 0 Å². The molecule has 0 unspecified atom stereocenters. The monoisotopic (exact) mass is 452 g/mol. The quantitative estimate of drug-likeness (QED) is 0.701. The van der Waals surface area contributed by atoms with Crippen LogP contribution < -0.4 is 10.1 Å². The standard InChI is InChI=1S/C21H25ClN2O5S/c1-15(2)29-17-9-7-16(8-10-17)23-20(25)21(26)11-13-24(14-12-21)30(27,28)19-6-4-3-5-18(19)22/h3-10,15,26H,11-14H2,1-2H3,(H,23,25). The van der Waals surface area contributed by atoms with Crippen LogP contribution in [0.1, 0.15) is 26.7 Å². The minimum atomic E-state index is -3.80. The number of carbonyl (C=O) groups is 1. The second-order valence-electron chi connectivity index (χ2n) is 7.51. The van der Waals surface area contributed by atoms with E-state index < -0.39 is 21.5 Å². The van der Waals surface area contributed by atoms with Crippen molar-refractivity contribution in [3.05, 3.63) is 53.6 Å². The number of ether oxygens (including phenoxy) is 1. The zero-order valence-corrected chi connectivity index (χ0v) is 18.4. The summed E-state index contributed by atoms with van der Waals surface area (Å²) in [6, 6.07) is 13.1. The summed E-state index contributed by atoms with van der Waals surface area (Å²) in [5, 5.41) is 13.6. The van der Waals surface area contributed by atoms with Crippen molar-refractivity contribution in [2.24, 2.45) is 0 Å². The third kappa shape index (κ3) is 4.95. The number of anilines is 1. The van der Waals surface area contributed by atoms with Gasteiger partial charge >= 0.3 is 0 Å². The predicted octanol–water partition coefficient (Wildman–Crippen LogP) is 3.28. The molecule has 0 radical (unpaired) electrons. The van der Waals surface area contributed by atoms with Gasteiger partial charge in [-0.25, -0.2) is 8.42 Å². The summed E-state index contributed by atoms with van der Waals surface area (Å²) < 4.78 is 32.5. The summed E-state index contributed by atoms with van der Waals surface area (Å²) >= 11 is 6.04. The molecule has 3 rings (SSSR count). The summed E-state index contributed by atoms with van der Waals surface area (Å²) in [7, 11) is -3.80. The molecule has 0 spiro atoms.